The van der Waals surface area contributed by atoms with E-state index in [-0.39, 0.29) is 12.4 Å². The van der Waals surface area contributed by atoms with Crippen LogP contribution in [0, 0.1) is 0 Å². The number of aryl methyl sites for hydroxylation is 1. The number of halogens is 1. The Hall–Kier alpha value is -0.600. The summed E-state index contributed by atoms with van der Waals surface area (Å²) in [5, 5.41) is 1.32. The number of aromatic nitrogens is 1. The third-order valence-electron chi connectivity index (χ3n) is 1.72. The topological polar surface area (TPSA) is 12.9 Å². The smallest absolute Gasteiger partial charge is 0.0529 e. The first kappa shape index (κ1) is 9.49. The molecule has 0 amide bonds. The molecule has 2 aromatic heterocycles. The van der Waals surface area contributed by atoms with Crippen LogP contribution in [0.4, 0.5) is 0 Å². The van der Waals surface area contributed by atoms with Gasteiger partial charge in [-0.15, -0.1) is 23.7 Å². The molecule has 0 aliphatic rings. The first-order chi connectivity index (χ1) is 5.40. The van der Waals surface area contributed by atoms with E-state index in [2.05, 4.69) is 24.0 Å². The van der Waals surface area contributed by atoms with Crippen molar-refractivity contribution in [1.82, 2.24) is 4.98 Å². The highest BCUT2D eigenvalue weighted by Gasteiger charge is 1.97. The predicted octanol–water partition coefficient (Wildman–Crippen LogP) is 3.28. The SMILES string of the molecule is CCc1cc2ccncc2s1.Cl. The van der Waals surface area contributed by atoms with E-state index < -0.39 is 0 Å². The molecule has 3 heteroatoms. The molecule has 64 valence electrons. The third kappa shape index (κ3) is 1.59. The molecule has 12 heavy (non-hydrogen) atoms. The lowest BCUT2D eigenvalue weighted by Crippen LogP contribution is -1.65. The van der Waals surface area contributed by atoms with Crippen LogP contribution in [-0.4, -0.2) is 4.98 Å². The van der Waals surface area contributed by atoms with Crippen molar-refractivity contribution in [2.75, 3.05) is 0 Å². The van der Waals surface area contributed by atoms with Crippen LogP contribution in [0.25, 0.3) is 10.1 Å². The molecule has 1 nitrogen and oxygen atoms in total. The van der Waals surface area contributed by atoms with E-state index in [0.717, 1.165) is 6.42 Å². The van der Waals surface area contributed by atoms with Gasteiger partial charge >= 0.3 is 0 Å². The summed E-state index contributed by atoms with van der Waals surface area (Å²) in [7, 11) is 0. The zero-order chi connectivity index (χ0) is 7.68. The molecule has 0 aliphatic heterocycles. The van der Waals surface area contributed by atoms with Gasteiger partial charge in [-0.05, 0) is 23.9 Å². The number of thiophene rings is 1. The Bertz CT molecular complexity index is 336. The summed E-state index contributed by atoms with van der Waals surface area (Å²) in [6, 6.07) is 4.30. The fourth-order valence-electron chi connectivity index (χ4n) is 1.11. The zero-order valence-electron chi connectivity index (χ0n) is 6.78. The number of hydrogen-bond donors (Lipinski definition) is 0. The Kier molecular flexibility index (Phi) is 3.06. The molecule has 0 aliphatic carbocycles. The minimum atomic E-state index is 0. The summed E-state index contributed by atoms with van der Waals surface area (Å²) < 4.78 is 1.30. The highest BCUT2D eigenvalue weighted by Crippen LogP contribution is 2.24. The molecule has 0 atom stereocenters. The summed E-state index contributed by atoms with van der Waals surface area (Å²) in [6.45, 7) is 2.18. The molecular weight excluding hydrogens is 190 g/mol. The first-order valence-corrected chi connectivity index (χ1v) is 4.54. The van der Waals surface area contributed by atoms with E-state index in [1.165, 1.54) is 15.0 Å². The fourth-order valence-corrected chi connectivity index (χ4v) is 2.08. The standard InChI is InChI=1S/C9H9NS.ClH/c1-2-8-5-7-3-4-10-6-9(7)11-8;/h3-6H,2H2,1H3;1H. The number of fused-ring (bicyclic) bond motifs is 1. The average molecular weight is 200 g/mol. The second-order valence-electron chi connectivity index (χ2n) is 2.48. The Labute approximate surface area is 81.9 Å². The molecule has 0 saturated heterocycles. The van der Waals surface area contributed by atoms with Gasteiger partial charge in [0.25, 0.3) is 0 Å². The van der Waals surface area contributed by atoms with Crippen LogP contribution in [0.5, 0.6) is 0 Å². The summed E-state index contributed by atoms with van der Waals surface area (Å²) in [5.41, 5.74) is 0. The lowest BCUT2D eigenvalue weighted by atomic mass is 10.3. The van der Waals surface area contributed by atoms with Crippen LogP contribution in [0.2, 0.25) is 0 Å². The van der Waals surface area contributed by atoms with Gasteiger partial charge in [-0.2, -0.15) is 0 Å². The highest BCUT2D eigenvalue weighted by molar-refractivity contribution is 7.19. The molecule has 2 aromatic rings. The number of hydrogen-bond acceptors (Lipinski definition) is 2. The normalized spacial score (nSPS) is 9.75. The molecule has 0 N–H and O–H groups in total. The van der Waals surface area contributed by atoms with Crippen molar-refractivity contribution in [1.29, 1.82) is 0 Å². The minimum Gasteiger partial charge on any atom is -0.263 e. The second kappa shape index (κ2) is 3.87. The molecule has 0 aromatic carbocycles. The monoisotopic (exact) mass is 199 g/mol. The van der Waals surface area contributed by atoms with Gasteiger partial charge in [-0.1, -0.05) is 6.92 Å². The van der Waals surface area contributed by atoms with Gasteiger partial charge in [0.2, 0.25) is 0 Å². The van der Waals surface area contributed by atoms with E-state index in [4.69, 9.17) is 0 Å². The van der Waals surface area contributed by atoms with Gasteiger partial charge < -0.3 is 0 Å². The zero-order valence-corrected chi connectivity index (χ0v) is 8.41. The molecule has 2 heterocycles. The van der Waals surface area contributed by atoms with E-state index in [0.29, 0.717) is 0 Å². The Morgan fingerprint density at radius 1 is 1.50 bits per heavy atom. The number of pyridine rings is 1. The van der Waals surface area contributed by atoms with Crippen LogP contribution < -0.4 is 0 Å². The molecule has 0 radical (unpaired) electrons. The first-order valence-electron chi connectivity index (χ1n) is 3.72. The Balaban J connectivity index is 0.000000720. The van der Waals surface area contributed by atoms with E-state index in [1.54, 1.807) is 0 Å². The molecule has 0 fully saturated rings. The van der Waals surface area contributed by atoms with Gasteiger partial charge in [-0.3, -0.25) is 4.98 Å². The molecule has 0 unspecified atom stereocenters. The van der Waals surface area contributed by atoms with Crippen molar-refractivity contribution in [2.24, 2.45) is 0 Å². The fraction of sp³-hybridized carbons (Fsp3) is 0.222. The molecule has 0 spiro atoms. The highest BCUT2D eigenvalue weighted by atomic mass is 35.5. The van der Waals surface area contributed by atoms with Crippen LogP contribution in [-0.2, 0) is 6.42 Å². The second-order valence-corrected chi connectivity index (χ2v) is 3.65. The summed E-state index contributed by atoms with van der Waals surface area (Å²) >= 11 is 1.83. The van der Waals surface area contributed by atoms with Gasteiger partial charge in [-0.25, -0.2) is 0 Å². The summed E-state index contributed by atoms with van der Waals surface area (Å²) in [4.78, 5) is 5.51. The molecule has 0 bridgehead atoms. The van der Waals surface area contributed by atoms with Crippen LogP contribution >= 0.6 is 23.7 Å². The maximum atomic E-state index is 4.07. The molecule has 0 saturated carbocycles. The predicted molar refractivity (Wildman–Crippen MR) is 56.2 cm³/mol. The maximum Gasteiger partial charge on any atom is 0.0529 e. The molecular formula is C9H10ClNS. The van der Waals surface area contributed by atoms with Crippen LogP contribution in [0.1, 0.15) is 11.8 Å². The summed E-state index contributed by atoms with van der Waals surface area (Å²) in [5.74, 6) is 0. The lowest BCUT2D eigenvalue weighted by molar-refractivity contribution is 1.19. The van der Waals surface area contributed by atoms with Gasteiger partial charge in [0.05, 0.1) is 4.70 Å². The van der Waals surface area contributed by atoms with Gasteiger partial charge in [0, 0.05) is 17.3 Å². The Morgan fingerprint density at radius 2 is 2.33 bits per heavy atom. The lowest BCUT2D eigenvalue weighted by Gasteiger charge is -1.81. The van der Waals surface area contributed by atoms with E-state index in [9.17, 15) is 0 Å². The van der Waals surface area contributed by atoms with Crippen molar-refractivity contribution in [3.8, 4) is 0 Å². The van der Waals surface area contributed by atoms with Gasteiger partial charge in [0.15, 0.2) is 0 Å². The average Bonchev–Trinajstić information content (AvgIpc) is 2.46. The van der Waals surface area contributed by atoms with Crippen molar-refractivity contribution >= 4 is 33.8 Å². The summed E-state index contributed by atoms with van der Waals surface area (Å²) in [6.07, 6.45) is 4.90. The van der Waals surface area contributed by atoms with Gasteiger partial charge in [0.1, 0.15) is 0 Å². The van der Waals surface area contributed by atoms with Crippen molar-refractivity contribution in [3.05, 3.63) is 29.4 Å². The number of nitrogens with zero attached hydrogens (tertiary/aromatic N) is 1. The van der Waals surface area contributed by atoms with Crippen LogP contribution in [0.15, 0.2) is 24.5 Å². The largest absolute Gasteiger partial charge is 0.263 e. The Morgan fingerprint density at radius 3 is 3.00 bits per heavy atom. The third-order valence-corrected chi connectivity index (χ3v) is 2.95. The van der Waals surface area contributed by atoms with E-state index in [1.807, 2.05) is 23.7 Å². The van der Waals surface area contributed by atoms with Crippen LogP contribution in [0.3, 0.4) is 0 Å². The molecule has 2 rings (SSSR count). The maximum absolute atomic E-state index is 4.07. The van der Waals surface area contributed by atoms with Crippen molar-refractivity contribution in [3.63, 3.8) is 0 Å². The van der Waals surface area contributed by atoms with Crippen molar-refractivity contribution < 1.29 is 0 Å². The minimum absolute atomic E-state index is 0. The number of rotatable bonds is 1. The quantitative estimate of drug-likeness (QED) is 0.687. The van der Waals surface area contributed by atoms with Crippen molar-refractivity contribution in [2.45, 2.75) is 13.3 Å². The van der Waals surface area contributed by atoms with E-state index >= 15 is 0 Å².